The molecule has 1 saturated heterocycles. The van der Waals surface area contributed by atoms with E-state index in [0.717, 1.165) is 12.8 Å². The van der Waals surface area contributed by atoms with Gasteiger partial charge in [-0.1, -0.05) is 17.7 Å². The lowest BCUT2D eigenvalue weighted by molar-refractivity contribution is 0.298. The monoisotopic (exact) mass is 366 g/mol. The number of piperidine rings is 1. The molecule has 0 radical (unpaired) electrons. The second-order valence-corrected chi connectivity index (χ2v) is 7.66. The third-order valence-corrected chi connectivity index (χ3v) is 6.75. The molecule has 1 N–H and O–H groups in total. The molecule has 0 amide bonds. The zero-order chi connectivity index (χ0) is 14.0. The van der Waals surface area contributed by atoms with Gasteiger partial charge in [-0.15, -0.1) is 0 Å². The van der Waals surface area contributed by atoms with E-state index in [4.69, 9.17) is 11.6 Å². The quantitative estimate of drug-likeness (QED) is 0.893. The van der Waals surface area contributed by atoms with Crippen LogP contribution in [0.25, 0.3) is 0 Å². The molecule has 0 spiro atoms. The summed E-state index contributed by atoms with van der Waals surface area (Å²) >= 11 is 9.35. The van der Waals surface area contributed by atoms with Gasteiger partial charge in [0.25, 0.3) is 0 Å². The fraction of sp³-hybridized carbons (Fsp3) is 0.500. The van der Waals surface area contributed by atoms with Crippen LogP contribution in [-0.2, 0) is 10.0 Å². The highest BCUT2D eigenvalue weighted by Gasteiger charge is 2.30. The topological polar surface area (TPSA) is 49.4 Å². The molecule has 0 bridgehead atoms. The van der Waals surface area contributed by atoms with Gasteiger partial charge in [0.15, 0.2) is 0 Å². The molecule has 0 unspecified atom stereocenters. The van der Waals surface area contributed by atoms with Crippen molar-refractivity contribution in [2.45, 2.75) is 23.8 Å². The van der Waals surface area contributed by atoms with Crippen LogP contribution >= 0.6 is 27.5 Å². The van der Waals surface area contributed by atoms with Crippen LogP contribution in [0.4, 0.5) is 0 Å². The third kappa shape index (κ3) is 3.13. The number of rotatable bonds is 3. The van der Waals surface area contributed by atoms with E-state index in [2.05, 4.69) is 21.2 Å². The predicted octanol–water partition coefficient (Wildman–Crippen LogP) is 2.48. The molecule has 106 valence electrons. The fourth-order valence-corrected chi connectivity index (χ4v) is 4.68. The number of nitrogens with zero attached hydrogens (tertiary/aromatic N) is 1. The second-order valence-electron chi connectivity index (χ2n) is 4.52. The molecule has 1 aromatic rings. The summed E-state index contributed by atoms with van der Waals surface area (Å²) in [5.41, 5.74) is 0. The van der Waals surface area contributed by atoms with Crippen LogP contribution in [0.3, 0.4) is 0 Å². The number of sulfonamides is 1. The smallest absolute Gasteiger partial charge is 0.244 e. The predicted molar refractivity (Wildman–Crippen MR) is 80.0 cm³/mol. The van der Waals surface area contributed by atoms with Crippen molar-refractivity contribution in [3.63, 3.8) is 0 Å². The van der Waals surface area contributed by atoms with Gasteiger partial charge in [-0.3, -0.25) is 0 Å². The Labute approximate surface area is 127 Å². The minimum absolute atomic E-state index is 0.173. The SMILES string of the molecule is CNC1CCN(S(=O)(=O)c2cccc(Br)c2Cl)CC1. The molecule has 0 aromatic heterocycles. The Hall–Kier alpha value is -0.140. The van der Waals surface area contributed by atoms with E-state index in [9.17, 15) is 8.42 Å². The Bertz CT molecular complexity index is 557. The van der Waals surface area contributed by atoms with Gasteiger partial charge in [0.05, 0.1) is 5.02 Å². The van der Waals surface area contributed by atoms with Crippen molar-refractivity contribution in [2.75, 3.05) is 20.1 Å². The van der Waals surface area contributed by atoms with E-state index in [1.165, 1.54) is 4.31 Å². The molecule has 1 heterocycles. The minimum atomic E-state index is -3.50. The van der Waals surface area contributed by atoms with Crippen LogP contribution in [0.5, 0.6) is 0 Å². The Balaban J connectivity index is 2.26. The lowest BCUT2D eigenvalue weighted by Crippen LogP contribution is -2.43. The molecule has 1 aliphatic rings. The zero-order valence-corrected chi connectivity index (χ0v) is 13.7. The van der Waals surface area contributed by atoms with Crippen molar-refractivity contribution >= 4 is 37.6 Å². The van der Waals surface area contributed by atoms with E-state index >= 15 is 0 Å². The molecule has 0 aliphatic carbocycles. The van der Waals surface area contributed by atoms with Gasteiger partial charge in [0, 0.05) is 23.6 Å². The highest BCUT2D eigenvalue weighted by molar-refractivity contribution is 9.10. The summed E-state index contributed by atoms with van der Waals surface area (Å²) in [5.74, 6) is 0. The maximum Gasteiger partial charge on any atom is 0.244 e. The van der Waals surface area contributed by atoms with Crippen molar-refractivity contribution in [1.82, 2.24) is 9.62 Å². The summed E-state index contributed by atoms with van der Waals surface area (Å²) in [6.45, 7) is 1.05. The van der Waals surface area contributed by atoms with E-state index < -0.39 is 10.0 Å². The fourth-order valence-electron chi connectivity index (χ4n) is 2.21. The largest absolute Gasteiger partial charge is 0.317 e. The normalized spacial score (nSPS) is 18.7. The van der Waals surface area contributed by atoms with Crippen molar-refractivity contribution in [3.8, 4) is 0 Å². The van der Waals surface area contributed by atoms with Gasteiger partial charge in [-0.2, -0.15) is 4.31 Å². The van der Waals surface area contributed by atoms with Gasteiger partial charge in [0.2, 0.25) is 10.0 Å². The van der Waals surface area contributed by atoms with Crippen molar-refractivity contribution in [2.24, 2.45) is 0 Å². The maximum absolute atomic E-state index is 12.6. The lowest BCUT2D eigenvalue weighted by atomic mass is 10.1. The lowest BCUT2D eigenvalue weighted by Gasteiger charge is -2.31. The number of halogens is 2. The summed E-state index contributed by atoms with van der Waals surface area (Å²) in [6.07, 6.45) is 1.64. The molecule has 4 nitrogen and oxygen atoms in total. The summed E-state index contributed by atoms with van der Waals surface area (Å²) in [4.78, 5) is 0.173. The van der Waals surface area contributed by atoms with Gasteiger partial charge in [-0.05, 0) is 48.0 Å². The highest BCUT2D eigenvalue weighted by atomic mass is 79.9. The first-order valence-electron chi connectivity index (χ1n) is 6.08. The number of hydrogen-bond donors (Lipinski definition) is 1. The second kappa shape index (κ2) is 6.10. The molecule has 0 saturated carbocycles. The molecule has 0 atom stereocenters. The van der Waals surface area contributed by atoms with Gasteiger partial charge in [-0.25, -0.2) is 8.42 Å². The number of nitrogens with one attached hydrogen (secondary N) is 1. The Morgan fingerprint density at radius 1 is 1.37 bits per heavy atom. The molecular weight excluding hydrogens is 352 g/mol. The number of benzene rings is 1. The first kappa shape index (κ1) is 15.3. The van der Waals surface area contributed by atoms with E-state index in [1.54, 1.807) is 18.2 Å². The molecule has 19 heavy (non-hydrogen) atoms. The first-order chi connectivity index (χ1) is 8.96. The molecule has 1 aliphatic heterocycles. The summed E-state index contributed by atoms with van der Waals surface area (Å²) in [7, 11) is -1.60. The molecular formula is C12H16BrClN2O2S. The van der Waals surface area contributed by atoms with Gasteiger partial charge in [0.1, 0.15) is 4.90 Å². The van der Waals surface area contributed by atoms with Gasteiger partial charge >= 0.3 is 0 Å². The Kier molecular flexibility index (Phi) is 4.89. The summed E-state index contributed by atoms with van der Waals surface area (Å²) < 4.78 is 27.2. The molecule has 1 aromatic carbocycles. The van der Waals surface area contributed by atoms with E-state index in [1.807, 2.05) is 7.05 Å². The molecule has 1 fully saturated rings. The Morgan fingerprint density at radius 3 is 2.58 bits per heavy atom. The Morgan fingerprint density at radius 2 is 2.00 bits per heavy atom. The van der Waals surface area contributed by atoms with Crippen LogP contribution in [0.2, 0.25) is 5.02 Å². The van der Waals surface area contributed by atoms with Crippen molar-refractivity contribution < 1.29 is 8.42 Å². The third-order valence-electron chi connectivity index (χ3n) is 3.40. The van der Waals surface area contributed by atoms with E-state index in [0.29, 0.717) is 23.6 Å². The maximum atomic E-state index is 12.6. The van der Waals surface area contributed by atoms with E-state index in [-0.39, 0.29) is 9.92 Å². The van der Waals surface area contributed by atoms with Gasteiger partial charge < -0.3 is 5.32 Å². The van der Waals surface area contributed by atoms with Crippen LogP contribution in [0, 0.1) is 0 Å². The highest BCUT2D eigenvalue weighted by Crippen LogP contribution is 2.32. The van der Waals surface area contributed by atoms with Crippen LogP contribution < -0.4 is 5.32 Å². The minimum Gasteiger partial charge on any atom is -0.317 e. The standard InChI is InChI=1S/C12H16BrClN2O2S/c1-15-9-5-7-16(8-6-9)19(17,18)11-4-2-3-10(13)12(11)14/h2-4,9,15H,5-8H2,1H3. The van der Waals surface area contributed by atoms with Crippen LogP contribution in [0.1, 0.15) is 12.8 Å². The average molecular weight is 368 g/mol. The summed E-state index contributed by atoms with van der Waals surface area (Å²) in [5, 5.41) is 3.43. The summed E-state index contributed by atoms with van der Waals surface area (Å²) in [6, 6.07) is 5.36. The average Bonchev–Trinajstić information content (AvgIpc) is 2.41. The van der Waals surface area contributed by atoms with Crippen molar-refractivity contribution in [3.05, 3.63) is 27.7 Å². The number of hydrogen-bond acceptors (Lipinski definition) is 3. The first-order valence-corrected chi connectivity index (χ1v) is 8.69. The van der Waals surface area contributed by atoms with Crippen LogP contribution in [-0.4, -0.2) is 38.9 Å². The molecule has 7 heteroatoms. The van der Waals surface area contributed by atoms with Crippen molar-refractivity contribution in [1.29, 1.82) is 0 Å². The van der Waals surface area contributed by atoms with Crippen LogP contribution in [0.15, 0.2) is 27.6 Å². The molecule has 2 rings (SSSR count). The zero-order valence-electron chi connectivity index (χ0n) is 10.6.